The maximum absolute atomic E-state index is 11.6. The van der Waals surface area contributed by atoms with Gasteiger partial charge in [0.05, 0.1) is 37.4 Å². The van der Waals surface area contributed by atoms with Crippen LogP contribution in [0.5, 0.6) is 0 Å². The van der Waals surface area contributed by atoms with Crippen molar-refractivity contribution in [2.45, 2.75) is 106 Å². The van der Waals surface area contributed by atoms with Crippen LogP contribution < -0.4 is 33.6 Å². The molecule has 3 aliphatic rings. The minimum atomic E-state index is -1.32. The van der Waals surface area contributed by atoms with Gasteiger partial charge in [-0.25, -0.2) is 0 Å². The third-order valence-electron chi connectivity index (χ3n) is 8.19. The van der Waals surface area contributed by atoms with E-state index < -0.39 is 60.8 Å². The van der Waals surface area contributed by atoms with Crippen molar-refractivity contribution in [2.75, 3.05) is 39.8 Å². The summed E-state index contributed by atoms with van der Waals surface area (Å²) < 4.78 is 24.3. The molecule has 2 fully saturated rings. The van der Waals surface area contributed by atoms with E-state index in [1.165, 1.54) is 0 Å². The number of nitrogens with two attached hydrogens (primary N) is 4. The smallest absolute Gasteiger partial charge is 0.215 e. The summed E-state index contributed by atoms with van der Waals surface area (Å²) in [6.07, 6.45) is -2.17. The summed E-state index contributed by atoms with van der Waals surface area (Å²) in [6.45, 7) is 3.00. The van der Waals surface area contributed by atoms with Crippen LogP contribution in [-0.4, -0.2) is 127 Å². The van der Waals surface area contributed by atoms with E-state index in [0.29, 0.717) is 44.5 Å². The summed E-state index contributed by atoms with van der Waals surface area (Å²) in [7, 11) is 1.63. The standard InChI is InChI=1S/C26H52N6O8/c1-26(36)13-37-25(20(35)23(26)31-2)39-21-14(4-5-15(33)11-28)10-17(30)22(19(21)34)40-24-18(32-9-3-8-27)7-6-16(12-29)38-24/h6,14-15,17-25,31-36H,3-5,7-13,27-30H2,1-2H3/t14-,15?,17+,18-,19-,20-,21+,22?,23-,24-,25-,26+/m1/s1. The fourth-order valence-corrected chi connectivity index (χ4v) is 5.86. The first kappa shape index (κ1) is 33.5. The van der Waals surface area contributed by atoms with Crippen LogP contribution in [0.15, 0.2) is 11.8 Å². The van der Waals surface area contributed by atoms with E-state index in [-0.39, 0.29) is 31.7 Å². The van der Waals surface area contributed by atoms with Gasteiger partial charge in [0.2, 0.25) is 6.29 Å². The van der Waals surface area contributed by atoms with Gasteiger partial charge in [0, 0.05) is 12.6 Å². The predicted octanol–water partition coefficient (Wildman–Crippen LogP) is -3.48. The fraction of sp³-hybridized carbons (Fsp3) is 0.923. The van der Waals surface area contributed by atoms with Crippen molar-refractivity contribution >= 4 is 0 Å². The molecule has 0 bridgehead atoms. The number of nitrogens with one attached hydrogen (secondary N) is 2. The van der Waals surface area contributed by atoms with Crippen LogP contribution in [0.2, 0.25) is 0 Å². The van der Waals surface area contributed by atoms with Crippen LogP contribution in [0.3, 0.4) is 0 Å². The Balaban J connectivity index is 1.79. The van der Waals surface area contributed by atoms with E-state index in [2.05, 4.69) is 10.6 Å². The molecule has 1 saturated heterocycles. The third kappa shape index (κ3) is 8.31. The van der Waals surface area contributed by atoms with Gasteiger partial charge in [-0.3, -0.25) is 0 Å². The van der Waals surface area contributed by atoms with Gasteiger partial charge in [-0.15, -0.1) is 0 Å². The molecule has 2 heterocycles. The van der Waals surface area contributed by atoms with Gasteiger partial charge in [-0.2, -0.15) is 0 Å². The normalized spacial score (nSPS) is 41.3. The Morgan fingerprint density at radius 1 is 1.15 bits per heavy atom. The summed E-state index contributed by atoms with van der Waals surface area (Å²) in [6, 6.07) is -1.50. The highest BCUT2D eigenvalue weighted by Crippen LogP contribution is 2.36. The first-order valence-electron chi connectivity index (χ1n) is 14.4. The van der Waals surface area contributed by atoms with Crippen molar-refractivity contribution in [3.8, 4) is 0 Å². The number of likely N-dealkylation sites (N-methyl/N-ethyl adjacent to an activating group) is 1. The van der Waals surface area contributed by atoms with E-state index >= 15 is 0 Å². The first-order valence-corrected chi connectivity index (χ1v) is 14.4. The minimum Gasteiger partial charge on any atom is -0.467 e. The molecule has 0 radical (unpaired) electrons. The van der Waals surface area contributed by atoms with E-state index in [9.17, 15) is 20.4 Å². The molecule has 2 aliphatic heterocycles. The molecule has 1 saturated carbocycles. The van der Waals surface area contributed by atoms with E-state index in [1.807, 2.05) is 6.08 Å². The van der Waals surface area contributed by atoms with Gasteiger partial charge < -0.3 is 72.9 Å². The second-order valence-corrected chi connectivity index (χ2v) is 11.4. The summed E-state index contributed by atoms with van der Waals surface area (Å²) in [5.41, 5.74) is 22.3. The van der Waals surface area contributed by atoms with Crippen LogP contribution >= 0.6 is 0 Å². The van der Waals surface area contributed by atoms with Crippen LogP contribution in [0, 0.1) is 5.92 Å². The molecule has 14 nitrogen and oxygen atoms in total. The predicted molar refractivity (Wildman–Crippen MR) is 147 cm³/mol. The lowest BCUT2D eigenvalue weighted by Gasteiger charge is -2.49. The maximum atomic E-state index is 11.6. The zero-order valence-corrected chi connectivity index (χ0v) is 23.7. The molecule has 12 atom stereocenters. The topological polar surface area (TPSA) is 246 Å². The molecule has 0 aromatic rings. The Morgan fingerprint density at radius 2 is 1.88 bits per heavy atom. The zero-order valence-electron chi connectivity index (χ0n) is 23.7. The second-order valence-electron chi connectivity index (χ2n) is 11.4. The second kappa shape index (κ2) is 15.5. The Morgan fingerprint density at radius 3 is 2.52 bits per heavy atom. The Kier molecular flexibility index (Phi) is 13.0. The van der Waals surface area contributed by atoms with Gasteiger partial charge in [0.1, 0.15) is 29.7 Å². The highest BCUT2D eigenvalue weighted by Gasteiger charge is 2.51. The molecule has 14 N–H and O–H groups in total. The highest BCUT2D eigenvalue weighted by molar-refractivity contribution is 5.04. The zero-order chi connectivity index (χ0) is 29.4. The van der Waals surface area contributed by atoms with Crippen molar-refractivity contribution in [3.05, 3.63) is 11.8 Å². The van der Waals surface area contributed by atoms with Crippen molar-refractivity contribution in [2.24, 2.45) is 28.9 Å². The summed E-state index contributed by atoms with van der Waals surface area (Å²) in [5.74, 6) is 0.300. The lowest BCUT2D eigenvalue weighted by molar-refractivity contribution is -0.309. The molecule has 3 rings (SSSR count). The molecule has 0 aromatic carbocycles. The van der Waals surface area contributed by atoms with E-state index in [0.717, 1.165) is 6.42 Å². The van der Waals surface area contributed by atoms with Gasteiger partial charge in [-0.05, 0) is 71.2 Å². The minimum absolute atomic E-state index is 0.0840. The molecular weight excluding hydrogens is 524 g/mol. The summed E-state index contributed by atoms with van der Waals surface area (Å²) in [5, 5.41) is 49.7. The van der Waals surface area contributed by atoms with Gasteiger partial charge in [0.15, 0.2) is 6.29 Å². The number of ether oxygens (including phenoxy) is 4. The Bertz CT molecular complexity index is 794. The number of rotatable bonds is 14. The molecule has 40 heavy (non-hydrogen) atoms. The quantitative estimate of drug-likeness (QED) is 0.0903. The summed E-state index contributed by atoms with van der Waals surface area (Å²) in [4.78, 5) is 0. The van der Waals surface area contributed by atoms with Crippen molar-refractivity contribution in [1.29, 1.82) is 0 Å². The molecular formula is C26H52N6O8. The molecule has 0 amide bonds. The average molecular weight is 577 g/mol. The third-order valence-corrected chi connectivity index (χ3v) is 8.19. The fourth-order valence-electron chi connectivity index (χ4n) is 5.86. The SMILES string of the molecule is CN[C@@H]1[C@@H](O)[C@@H](O[C@H]2[C@H](CCC(O)CN)C[C@H](N)C(O[C@H]3OC(CN)=CC[C@H]3NCCCN)[C@@H]2O)OC[C@]1(C)O. The number of hydrogen-bond donors (Lipinski definition) is 10. The summed E-state index contributed by atoms with van der Waals surface area (Å²) >= 11 is 0. The van der Waals surface area contributed by atoms with Crippen LogP contribution in [0.1, 0.15) is 39.0 Å². The van der Waals surface area contributed by atoms with Crippen LogP contribution in [0.4, 0.5) is 0 Å². The van der Waals surface area contributed by atoms with E-state index in [1.54, 1.807) is 14.0 Å². The van der Waals surface area contributed by atoms with Crippen molar-refractivity contribution in [3.63, 3.8) is 0 Å². The lowest BCUT2D eigenvalue weighted by atomic mass is 9.77. The molecule has 1 aliphatic carbocycles. The van der Waals surface area contributed by atoms with E-state index in [4.69, 9.17) is 41.9 Å². The first-order chi connectivity index (χ1) is 19.1. The molecule has 2 unspecified atom stereocenters. The Hall–Kier alpha value is -0.980. The largest absolute Gasteiger partial charge is 0.467 e. The molecule has 0 aromatic heterocycles. The molecule has 234 valence electrons. The van der Waals surface area contributed by atoms with Gasteiger partial charge in [-0.1, -0.05) is 0 Å². The average Bonchev–Trinajstić information content (AvgIpc) is 2.93. The van der Waals surface area contributed by atoms with Crippen molar-refractivity contribution < 1.29 is 39.4 Å². The van der Waals surface area contributed by atoms with Gasteiger partial charge >= 0.3 is 0 Å². The number of aliphatic hydroxyl groups excluding tert-OH is 3. The van der Waals surface area contributed by atoms with Crippen LogP contribution in [-0.2, 0) is 18.9 Å². The van der Waals surface area contributed by atoms with Crippen LogP contribution in [0.25, 0.3) is 0 Å². The monoisotopic (exact) mass is 576 g/mol. The Labute approximate surface area is 236 Å². The van der Waals surface area contributed by atoms with Gasteiger partial charge in [0.25, 0.3) is 0 Å². The lowest BCUT2D eigenvalue weighted by Crippen LogP contribution is -2.67. The maximum Gasteiger partial charge on any atom is 0.215 e. The van der Waals surface area contributed by atoms with Crippen molar-refractivity contribution in [1.82, 2.24) is 10.6 Å². The molecule has 14 heteroatoms. The highest BCUT2D eigenvalue weighted by atomic mass is 16.7. The molecule has 0 spiro atoms. The number of aliphatic hydroxyl groups is 4. The number of hydrogen-bond acceptors (Lipinski definition) is 14.